The Bertz CT molecular complexity index is 449. The monoisotopic (exact) mass is 294 g/mol. The summed E-state index contributed by atoms with van der Waals surface area (Å²) in [4.78, 5) is 12.1. The lowest BCUT2D eigenvalue weighted by molar-refractivity contribution is 0.0948. The molecule has 0 aliphatic heterocycles. The number of hydrogen-bond donors (Lipinski definition) is 2. The lowest BCUT2D eigenvalue weighted by Gasteiger charge is -2.14. The fourth-order valence-corrected chi connectivity index (χ4v) is 1.70. The minimum absolute atomic E-state index is 0.127. The van der Waals surface area contributed by atoms with Gasteiger partial charge >= 0.3 is 0 Å². The number of nitrogens with one attached hydrogen (secondary N) is 1. The highest BCUT2D eigenvalue weighted by Gasteiger charge is 2.12. The Morgan fingerprint density at radius 2 is 2.05 bits per heavy atom. The summed E-state index contributed by atoms with van der Waals surface area (Å²) in [5.41, 5.74) is 6.10. The maximum absolute atomic E-state index is 12.1. The molecule has 1 unspecified atom stereocenters. The molecule has 0 bridgehead atoms. The zero-order chi connectivity index (χ0) is 15.7. The summed E-state index contributed by atoms with van der Waals surface area (Å²) >= 11 is 0. The summed E-state index contributed by atoms with van der Waals surface area (Å²) in [6.45, 7) is 8.20. The molecule has 0 aliphatic carbocycles. The van der Waals surface area contributed by atoms with Crippen LogP contribution >= 0.6 is 0 Å². The molecule has 1 amide bonds. The van der Waals surface area contributed by atoms with Crippen molar-refractivity contribution < 1.29 is 14.3 Å². The molecule has 1 aromatic carbocycles. The fraction of sp³-hybridized carbons (Fsp3) is 0.562. The topological polar surface area (TPSA) is 73.6 Å². The number of hydrogen-bond acceptors (Lipinski definition) is 4. The first-order valence-corrected chi connectivity index (χ1v) is 7.50. The van der Waals surface area contributed by atoms with Crippen molar-refractivity contribution in [2.24, 2.45) is 11.7 Å². The van der Waals surface area contributed by atoms with Crippen LogP contribution in [0.25, 0.3) is 0 Å². The third-order valence-electron chi connectivity index (χ3n) is 2.98. The number of carbonyl (C=O) groups excluding carboxylic acids is 1. The molecule has 0 fully saturated rings. The maximum Gasteiger partial charge on any atom is 0.251 e. The van der Waals surface area contributed by atoms with E-state index in [0.29, 0.717) is 43.4 Å². The number of benzene rings is 1. The third-order valence-corrected chi connectivity index (χ3v) is 2.98. The molecule has 21 heavy (non-hydrogen) atoms. The predicted octanol–water partition coefficient (Wildman–Crippen LogP) is 2.20. The Hall–Kier alpha value is -1.75. The van der Waals surface area contributed by atoms with Crippen LogP contribution in [-0.2, 0) is 0 Å². The van der Waals surface area contributed by atoms with Gasteiger partial charge in [0.1, 0.15) is 0 Å². The number of ether oxygens (including phenoxy) is 2. The van der Waals surface area contributed by atoms with Gasteiger partial charge in [-0.15, -0.1) is 0 Å². The van der Waals surface area contributed by atoms with Gasteiger partial charge in [-0.25, -0.2) is 0 Å². The van der Waals surface area contributed by atoms with E-state index >= 15 is 0 Å². The molecule has 118 valence electrons. The Morgan fingerprint density at radius 1 is 1.29 bits per heavy atom. The minimum Gasteiger partial charge on any atom is -0.490 e. The van der Waals surface area contributed by atoms with E-state index in [0.717, 1.165) is 6.42 Å². The molecule has 1 rings (SSSR count). The first-order chi connectivity index (χ1) is 10.1. The molecule has 0 aromatic heterocycles. The Labute approximate surface area is 126 Å². The molecular formula is C16H26N2O3. The van der Waals surface area contributed by atoms with Crippen LogP contribution in [0.4, 0.5) is 0 Å². The average molecular weight is 294 g/mol. The largest absolute Gasteiger partial charge is 0.490 e. The Balaban J connectivity index is 2.78. The van der Waals surface area contributed by atoms with Crippen molar-refractivity contribution in [3.05, 3.63) is 23.8 Å². The second kappa shape index (κ2) is 9.23. The predicted molar refractivity (Wildman–Crippen MR) is 83.9 cm³/mol. The van der Waals surface area contributed by atoms with Crippen molar-refractivity contribution in [1.82, 2.24) is 5.32 Å². The highest BCUT2D eigenvalue weighted by atomic mass is 16.5. The van der Waals surface area contributed by atoms with Gasteiger partial charge in [-0.3, -0.25) is 4.79 Å². The minimum atomic E-state index is -0.127. The van der Waals surface area contributed by atoms with Crippen molar-refractivity contribution in [1.29, 1.82) is 0 Å². The van der Waals surface area contributed by atoms with E-state index < -0.39 is 0 Å². The first kappa shape index (κ1) is 17.3. The van der Waals surface area contributed by atoms with Crippen LogP contribution in [0.3, 0.4) is 0 Å². The van der Waals surface area contributed by atoms with Crippen molar-refractivity contribution in [2.45, 2.75) is 27.2 Å². The quantitative estimate of drug-likeness (QED) is 0.732. The van der Waals surface area contributed by atoms with Crippen molar-refractivity contribution >= 4 is 5.91 Å². The lowest BCUT2D eigenvalue weighted by atomic mass is 10.1. The van der Waals surface area contributed by atoms with Gasteiger partial charge in [0, 0.05) is 12.1 Å². The molecule has 1 aromatic rings. The molecule has 5 heteroatoms. The molecule has 0 heterocycles. The number of carbonyl (C=O) groups is 1. The first-order valence-electron chi connectivity index (χ1n) is 7.50. The second-order valence-electron chi connectivity index (χ2n) is 4.99. The van der Waals surface area contributed by atoms with Gasteiger partial charge in [0.05, 0.1) is 13.2 Å². The van der Waals surface area contributed by atoms with Gasteiger partial charge < -0.3 is 20.5 Å². The molecule has 0 aliphatic rings. The summed E-state index contributed by atoms with van der Waals surface area (Å²) in [5.74, 6) is 1.40. The van der Waals surface area contributed by atoms with Gasteiger partial charge in [-0.2, -0.15) is 0 Å². The number of amides is 1. The molecular weight excluding hydrogens is 268 g/mol. The molecule has 0 saturated carbocycles. The standard InChI is InChI=1S/C16H26N2O3/c1-4-8-21-14-7-6-13(9-15(14)20-5-2)16(19)18-11-12(3)10-17/h6-7,9,12H,4-5,8,10-11,17H2,1-3H3,(H,18,19). The third kappa shape index (κ3) is 5.63. The molecule has 0 spiro atoms. The van der Waals surface area contributed by atoms with Crippen LogP contribution in [0, 0.1) is 5.92 Å². The summed E-state index contributed by atoms with van der Waals surface area (Å²) in [6.07, 6.45) is 0.921. The SMILES string of the molecule is CCCOc1ccc(C(=O)NCC(C)CN)cc1OCC. The summed E-state index contributed by atoms with van der Waals surface area (Å²) in [6, 6.07) is 5.24. The van der Waals surface area contributed by atoms with E-state index in [-0.39, 0.29) is 11.8 Å². The number of nitrogens with two attached hydrogens (primary N) is 1. The maximum atomic E-state index is 12.1. The smallest absolute Gasteiger partial charge is 0.251 e. The Kier molecular flexibility index (Phi) is 7.61. The van der Waals surface area contributed by atoms with Crippen molar-refractivity contribution in [3.63, 3.8) is 0 Å². The molecule has 1 atom stereocenters. The lowest BCUT2D eigenvalue weighted by Crippen LogP contribution is -2.31. The molecule has 3 N–H and O–H groups in total. The molecule has 0 saturated heterocycles. The summed E-state index contributed by atoms with van der Waals surface area (Å²) in [5, 5.41) is 2.87. The van der Waals surface area contributed by atoms with Gasteiger partial charge in [0.15, 0.2) is 11.5 Å². The molecule has 0 radical (unpaired) electrons. The fourth-order valence-electron chi connectivity index (χ4n) is 1.70. The van der Waals surface area contributed by atoms with Gasteiger partial charge in [0.25, 0.3) is 5.91 Å². The van der Waals surface area contributed by atoms with Gasteiger partial charge in [-0.05, 0) is 44.0 Å². The van der Waals surface area contributed by atoms with Crippen LogP contribution in [0.1, 0.15) is 37.6 Å². The zero-order valence-corrected chi connectivity index (χ0v) is 13.1. The van der Waals surface area contributed by atoms with Crippen LogP contribution in [0.15, 0.2) is 18.2 Å². The summed E-state index contributed by atoms with van der Waals surface area (Å²) < 4.78 is 11.2. The molecule has 5 nitrogen and oxygen atoms in total. The highest BCUT2D eigenvalue weighted by molar-refractivity contribution is 5.94. The van der Waals surface area contributed by atoms with E-state index in [4.69, 9.17) is 15.2 Å². The normalized spacial score (nSPS) is 11.8. The van der Waals surface area contributed by atoms with Crippen LogP contribution < -0.4 is 20.5 Å². The van der Waals surface area contributed by atoms with Crippen LogP contribution in [0.5, 0.6) is 11.5 Å². The van der Waals surface area contributed by atoms with Crippen LogP contribution in [0.2, 0.25) is 0 Å². The van der Waals surface area contributed by atoms with Crippen molar-refractivity contribution in [2.75, 3.05) is 26.3 Å². The van der Waals surface area contributed by atoms with E-state index in [9.17, 15) is 4.79 Å². The average Bonchev–Trinajstić information content (AvgIpc) is 2.51. The van der Waals surface area contributed by atoms with Crippen molar-refractivity contribution in [3.8, 4) is 11.5 Å². The second-order valence-corrected chi connectivity index (χ2v) is 4.99. The van der Waals surface area contributed by atoms with Gasteiger partial charge in [-0.1, -0.05) is 13.8 Å². The van der Waals surface area contributed by atoms with E-state index in [1.807, 2.05) is 20.8 Å². The van der Waals surface area contributed by atoms with E-state index in [2.05, 4.69) is 5.32 Å². The summed E-state index contributed by atoms with van der Waals surface area (Å²) in [7, 11) is 0. The number of rotatable bonds is 9. The van der Waals surface area contributed by atoms with Gasteiger partial charge in [0.2, 0.25) is 0 Å². The zero-order valence-electron chi connectivity index (χ0n) is 13.1. The highest BCUT2D eigenvalue weighted by Crippen LogP contribution is 2.28. The Morgan fingerprint density at radius 3 is 2.67 bits per heavy atom. The van der Waals surface area contributed by atoms with E-state index in [1.165, 1.54) is 0 Å². The van der Waals surface area contributed by atoms with E-state index in [1.54, 1.807) is 18.2 Å². The van der Waals surface area contributed by atoms with Crippen LogP contribution in [-0.4, -0.2) is 32.2 Å².